The molecule has 2 aromatic rings. The van der Waals surface area contributed by atoms with E-state index in [2.05, 4.69) is 20.6 Å². The van der Waals surface area contributed by atoms with Gasteiger partial charge in [0, 0.05) is 12.7 Å². The summed E-state index contributed by atoms with van der Waals surface area (Å²) in [6, 6.07) is 8.53. The van der Waals surface area contributed by atoms with Gasteiger partial charge >= 0.3 is 5.69 Å². The zero-order valence-corrected chi connectivity index (χ0v) is 11.4. The highest BCUT2D eigenvalue weighted by atomic mass is 16.6. The van der Waals surface area contributed by atoms with Crippen LogP contribution >= 0.6 is 0 Å². The summed E-state index contributed by atoms with van der Waals surface area (Å²) in [5, 5.41) is 25.5. The molecule has 0 unspecified atom stereocenters. The fourth-order valence-corrected chi connectivity index (χ4v) is 1.75. The maximum atomic E-state index is 11.2. The summed E-state index contributed by atoms with van der Waals surface area (Å²) in [4.78, 5) is 18.7. The van der Waals surface area contributed by atoms with E-state index in [1.165, 1.54) is 0 Å². The number of rotatable bonds is 4. The molecule has 1 heterocycles. The number of hydrogen-bond donors (Lipinski definition) is 2. The number of aryl methyl sites for hydroxylation is 1. The first-order chi connectivity index (χ1) is 10.0. The average molecular weight is 284 g/mol. The molecule has 0 bridgehead atoms. The molecule has 1 aromatic heterocycles. The second-order valence-electron chi connectivity index (χ2n) is 4.15. The lowest BCUT2D eigenvalue weighted by atomic mass is 10.2. The predicted octanol–water partition coefficient (Wildman–Crippen LogP) is 2.35. The molecule has 8 nitrogen and oxygen atoms in total. The second kappa shape index (κ2) is 5.83. The highest BCUT2D eigenvalue weighted by molar-refractivity contribution is 5.68. The zero-order valence-electron chi connectivity index (χ0n) is 11.4. The molecule has 2 N–H and O–H groups in total. The second-order valence-corrected chi connectivity index (χ2v) is 4.15. The Kier molecular flexibility index (Phi) is 3.95. The van der Waals surface area contributed by atoms with Crippen LogP contribution in [0.4, 0.5) is 23.1 Å². The number of benzene rings is 1. The summed E-state index contributed by atoms with van der Waals surface area (Å²) in [5.41, 5.74) is 1.18. The highest BCUT2D eigenvalue weighted by Crippen LogP contribution is 2.29. The van der Waals surface area contributed by atoms with Gasteiger partial charge in [0.05, 0.1) is 16.6 Å². The molecular weight excluding hydrogens is 272 g/mol. The standard InChI is InChI=1S/C13H12N6O2/c1-8-11(19(20)21)12(18-13(15-2)16-8)17-10-5-3-9(7-14)4-6-10/h3-6H,1-2H3,(H2,15,16,17,18). The molecule has 21 heavy (non-hydrogen) atoms. The van der Waals surface area contributed by atoms with Gasteiger partial charge in [-0.05, 0) is 31.2 Å². The predicted molar refractivity (Wildman–Crippen MR) is 77.4 cm³/mol. The Morgan fingerprint density at radius 1 is 1.29 bits per heavy atom. The van der Waals surface area contributed by atoms with Gasteiger partial charge in [-0.1, -0.05) is 0 Å². The van der Waals surface area contributed by atoms with Gasteiger partial charge in [-0.2, -0.15) is 10.2 Å². The Hall–Kier alpha value is -3.21. The maximum absolute atomic E-state index is 11.2. The molecular formula is C13H12N6O2. The van der Waals surface area contributed by atoms with Crippen LogP contribution in [-0.2, 0) is 0 Å². The third kappa shape index (κ3) is 3.03. The van der Waals surface area contributed by atoms with Crippen molar-refractivity contribution in [3.05, 3.63) is 45.6 Å². The molecule has 0 radical (unpaired) electrons. The molecule has 0 amide bonds. The van der Waals surface area contributed by atoms with Crippen LogP contribution in [0, 0.1) is 28.4 Å². The summed E-state index contributed by atoms with van der Waals surface area (Å²) < 4.78 is 0. The van der Waals surface area contributed by atoms with Crippen molar-refractivity contribution in [2.24, 2.45) is 0 Å². The van der Waals surface area contributed by atoms with E-state index in [4.69, 9.17) is 5.26 Å². The Balaban J connectivity index is 2.43. The third-order valence-corrected chi connectivity index (χ3v) is 2.74. The van der Waals surface area contributed by atoms with Gasteiger partial charge in [-0.3, -0.25) is 10.1 Å². The molecule has 0 aliphatic carbocycles. The Morgan fingerprint density at radius 3 is 2.48 bits per heavy atom. The van der Waals surface area contributed by atoms with Gasteiger partial charge in [-0.15, -0.1) is 0 Å². The quantitative estimate of drug-likeness (QED) is 0.653. The minimum Gasteiger partial charge on any atom is -0.357 e. The molecule has 0 fully saturated rings. The summed E-state index contributed by atoms with van der Waals surface area (Å²) in [5.74, 6) is 0.385. The molecule has 0 spiro atoms. The van der Waals surface area contributed by atoms with Crippen molar-refractivity contribution in [2.45, 2.75) is 6.92 Å². The number of nitro groups is 1. The third-order valence-electron chi connectivity index (χ3n) is 2.74. The van der Waals surface area contributed by atoms with E-state index in [-0.39, 0.29) is 23.1 Å². The van der Waals surface area contributed by atoms with Crippen molar-refractivity contribution in [1.82, 2.24) is 9.97 Å². The molecule has 0 aliphatic rings. The van der Waals surface area contributed by atoms with Crippen LogP contribution in [-0.4, -0.2) is 21.9 Å². The zero-order chi connectivity index (χ0) is 15.4. The number of aromatic nitrogens is 2. The van der Waals surface area contributed by atoms with Gasteiger partial charge < -0.3 is 10.6 Å². The van der Waals surface area contributed by atoms with Crippen LogP contribution in [0.1, 0.15) is 11.3 Å². The molecule has 0 saturated carbocycles. The normalized spacial score (nSPS) is 9.76. The Morgan fingerprint density at radius 2 is 1.95 bits per heavy atom. The first-order valence-electron chi connectivity index (χ1n) is 6.03. The van der Waals surface area contributed by atoms with E-state index in [1.807, 2.05) is 6.07 Å². The molecule has 8 heteroatoms. The van der Waals surface area contributed by atoms with E-state index in [1.54, 1.807) is 38.2 Å². The van der Waals surface area contributed by atoms with E-state index >= 15 is 0 Å². The molecule has 2 rings (SSSR count). The van der Waals surface area contributed by atoms with Crippen LogP contribution in [0.3, 0.4) is 0 Å². The van der Waals surface area contributed by atoms with Crippen molar-refractivity contribution >= 4 is 23.1 Å². The number of nitriles is 1. The van der Waals surface area contributed by atoms with Crippen molar-refractivity contribution in [3.63, 3.8) is 0 Å². The van der Waals surface area contributed by atoms with Crippen molar-refractivity contribution < 1.29 is 4.92 Å². The van der Waals surface area contributed by atoms with Gasteiger partial charge in [0.2, 0.25) is 11.8 Å². The highest BCUT2D eigenvalue weighted by Gasteiger charge is 2.22. The monoisotopic (exact) mass is 284 g/mol. The fourth-order valence-electron chi connectivity index (χ4n) is 1.75. The number of nitrogens with zero attached hydrogens (tertiary/aromatic N) is 4. The first-order valence-corrected chi connectivity index (χ1v) is 6.03. The molecule has 0 saturated heterocycles. The minimum absolute atomic E-state index is 0.0987. The lowest BCUT2D eigenvalue weighted by molar-refractivity contribution is -0.385. The van der Waals surface area contributed by atoms with E-state index in [0.717, 1.165) is 0 Å². The summed E-state index contributed by atoms with van der Waals surface area (Å²) >= 11 is 0. The first kappa shape index (κ1) is 14.2. The van der Waals surface area contributed by atoms with Gasteiger partial charge in [0.25, 0.3) is 0 Å². The topological polar surface area (TPSA) is 117 Å². The minimum atomic E-state index is -0.527. The van der Waals surface area contributed by atoms with E-state index in [0.29, 0.717) is 11.3 Å². The van der Waals surface area contributed by atoms with E-state index in [9.17, 15) is 10.1 Å². The Labute approximate surface area is 120 Å². The lowest BCUT2D eigenvalue weighted by Crippen LogP contribution is -2.07. The summed E-state index contributed by atoms with van der Waals surface area (Å²) in [6.07, 6.45) is 0. The van der Waals surface area contributed by atoms with Gasteiger partial charge in [0.1, 0.15) is 5.69 Å². The number of hydrogen-bond acceptors (Lipinski definition) is 7. The maximum Gasteiger partial charge on any atom is 0.332 e. The molecule has 106 valence electrons. The molecule has 0 aliphatic heterocycles. The van der Waals surface area contributed by atoms with E-state index < -0.39 is 4.92 Å². The van der Waals surface area contributed by atoms with Crippen LogP contribution in [0.15, 0.2) is 24.3 Å². The van der Waals surface area contributed by atoms with Crippen LogP contribution < -0.4 is 10.6 Å². The van der Waals surface area contributed by atoms with Crippen molar-refractivity contribution in [1.29, 1.82) is 5.26 Å². The van der Waals surface area contributed by atoms with Gasteiger partial charge in [0.15, 0.2) is 0 Å². The number of nitrogens with one attached hydrogen (secondary N) is 2. The van der Waals surface area contributed by atoms with Crippen molar-refractivity contribution in [3.8, 4) is 6.07 Å². The molecule has 0 atom stereocenters. The largest absolute Gasteiger partial charge is 0.357 e. The fraction of sp³-hybridized carbons (Fsp3) is 0.154. The lowest BCUT2D eigenvalue weighted by Gasteiger charge is -2.09. The summed E-state index contributed by atoms with van der Waals surface area (Å²) in [6.45, 7) is 1.55. The number of anilines is 3. The smallest absolute Gasteiger partial charge is 0.332 e. The average Bonchev–Trinajstić information content (AvgIpc) is 2.47. The molecule has 1 aromatic carbocycles. The van der Waals surface area contributed by atoms with Crippen LogP contribution in [0.5, 0.6) is 0 Å². The Bertz CT molecular complexity index is 721. The SMILES string of the molecule is CNc1nc(C)c([N+](=O)[O-])c(Nc2ccc(C#N)cc2)n1. The van der Waals surface area contributed by atoms with Gasteiger partial charge in [-0.25, -0.2) is 4.98 Å². The van der Waals surface area contributed by atoms with Crippen LogP contribution in [0.25, 0.3) is 0 Å². The van der Waals surface area contributed by atoms with Crippen LogP contribution in [0.2, 0.25) is 0 Å². The summed E-state index contributed by atoms with van der Waals surface area (Å²) in [7, 11) is 1.63. The van der Waals surface area contributed by atoms with Crippen molar-refractivity contribution in [2.75, 3.05) is 17.7 Å².